The molecule has 1 aromatic heterocycles. The summed E-state index contributed by atoms with van der Waals surface area (Å²) >= 11 is 0. The van der Waals surface area contributed by atoms with Crippen LogP contribution in [0.1, 0.15) is 37.6 Å². The third-order valence-corrected chi connectivity index (χ3v) is 2.92. The van der Waals surface area contributed by atoms with Crippen LogP contribution in [-0.4, -0.2) is 17.4 Å². The van der Waals surface area contributed by atoms with Crippen molar-refractivity contribution < 1.29 is 9.53 Å². The molecule has 0 saturated carbocycles. The highest BCUT2D eigenvalue weighted by Crippen LogP contribution is 2.30. The van der Waals surface area contributed by atoms with Gasteiger partial charge in [-0.3, -0.25) is 4.79 Å². The van der Waals surface area contributed by atoms with Crippen molar-refractivity contribution in [2.75, 3.05) is 6.61 Å². The Kier molecular flexibility index (Phi) is 3.70. The molecule has 0 amide bonds. The van der Waals surface area contributed by atoms with E-state index in [1.165, 1.54) is 0 Å². The Morgan fingerprint density at radius 3 is 2.83 bits per heavy atom. The summed E-state index contributed by atoms with van der Waals surface area (Å²) in [6.07, 6.45) is 2.74. The van der Waals surface area contributed by atoms with Crippen LogP contribution in [0.4, 0.5) is 0 Å². The number of ether oxygens (including phenoxy) is 1. The number of nitrogens with one attached hydrogen (secondary N) is 1. The first-order chi connectivity index (χ1) is 8.65. The van der Waals surface area contributed by atoms with Gasteiger partial charge in [0.15, 0.2) is 5.78 Å². The lowest BCUT2D eigenvalue weighted by atomic mass is 10.0. The van der Waals surface area contributed by atoms with E-state index in [1.54, 1.807) is 6.20 Å². The van der Waals surface area contributed by atoms with Crippen LogP contribution >= 0.6 is 0 Å². The van der Waals surface area contributed by atoms with Crippen LogP contribution < -0.4 is 4.74 Å². The largest absolute Gasteiger partial charge is 0.493 e. The molecule has 0 aliphatic carbocycles. The quantitative estimate of drug-likeness (QED) is 0.814. The van der Waals surface area contributed by atoms with Crippen molar-refractivity contribution in [2.24, 2.45) is 5.92 Å². The lowest BCUT2D eigenvalue weighted by Crippen LogP contribution is -2.07. The van der Waals surface area contributed by atoms with Crippen molar-refractivity contribution in [2.45, 2.75) is 27.2 Å². The maximum Gasteiger partial charge on any atom is 0.167 e. The van der Waals surface area contributed by atoms with E-state index in [4.69, 9.17) is 4.74 Å². The number of carbonyl (C=O) groups is 1. The summed E-state index contributed by atoms with van der Waals surface area (Å²) in [6.45, 7) is 6.56. The highest BCUT2D eigenvalue weighted by Gasteiger charge is 2.18. The molecule has 0 saturated heterocycles. The zero-order valence-electron chi connectivity index (χ0n) is 11.1. The number of carbonyl (C=O) groups excluding carboxylic acids is 1. The fraction of sp³-hybridized carbons (Fsp3) is 0.400. The number of H-pyrrole nitrogens is 1. The van der Waals surface area contributed by atoms with Gasteiger partial charge in [-0.25, -0.2) is 0 Å². The molecule has 0 unspecified atom stereocenters. The zero-order chi connectivity index (χ0) is 13.1. The van der Waals surface area contributed by atoms with Crippen molar-refractivity contribution in [3.63, 3.8) is 0 Å². The van der Waals surface area contributed by atoms with E-state index in [9.17, 15) is 4.79 Å². The summed E-state index contributed by atoms with van der Waals surface area (Å²) in [4.78, 5) is 15.3. The number of hydrogen-bond donors (Lipinski definition) is 1. The summed E-state index contributed by atoms with van der Waals surface area (Å²) < 4.78 is 5.73. The van der Waals surface area contributed by atoms with Crippen molar-refractivity contribution >= 4 is 16.7 Å². The van der Waals surface area contributed by atoms with Crippen molar-refractivity contribution in [3.8, 4) is 5.75 Å². The van der Waals surface area contributed by atoms with E-state index in [1.807, 2.05) is 32.0 Å². The molecule has 0 aliphatic heterocycles. The van der Waals surface area contributed by atoms with E-state index < -0.39 is 0 Å². The normalized spacial score (nSPS) is 11.1. The van der Waals surface area contributed by atoms with Gasteiger partial charge in [-0.05, 0) is 18.6 Å². The predicted octanol–water partition coefficient (Wildman–Crippen LogP) is 3.80. The van der Waals surface area contributed by atoms with Gasteiger partial charge in [-0.1, -0.05) is 26.8 Å². The Morgan fingerprint density at radius 1 is 1.39 bits per heavy atom. The zero-order valence-corrected chi connectivity index (χ0v) is 11.1. The van der Waals surface area contributed by atoms with Crippen LogP contribution in [0.5, 0.6) is 5.75 Å². The lowest BCUT2D eigenvalue weighted by molar-refractivity contribution is 0.0941. The van der Waals surface area contributed by atoms with Crippen LogP contribution in [0.25, 0.3) is 10.9 Å². The van der Waals surface area contributed by atoms with Crippen LogP contribution in [0.3, 0.4) is 0 Å². The van der Waals surface area contributed by atoms with E-state index in [0.717, 1.165) is 28.6 Å². The molecule has 2 aromatic rings. The van der Waals surface area contributed by atoms with Gasteiger partial charge in [0.05, 0.1) is 12.0 Å². The molecule has 1 heterocycles. The molecule has 0 aliphatic rings. The molecular formula is C15H19NO2. The first kappa shape index (κ1) is 12.7. The monoisotopic (exact) mass is 245 g/mol. The van der Waals surface area contributed by atoms with Crippen LogP contribution in [0.15, 0.2) is 24.4 Å². The second-order valence-corrected chi connectivity index (χ2v) is 4.75. The third kappa shape index (κ3) is 2.26. The van der Waals surface area contributed by atoms with Gasteiger partial charge in [-0.15, -0.1) is 0 Å². The maximum absolute atomic E-state index is 12.2. The molecular weight excluding hydrogens is 226 g/mol. The fourth-order valence-electron chi connectivity index (χ4n) is 1.99. The summed E-state index contributed by atoms with van der Waals surface area (Å²) in [6, 6.07) is 5.82. The Morgan fingerprint density at radius 2 is 2.17 bits per heavy atom. The molecule has 0 bridgehead atoms. The topological polar surface area (TPSA) is 42.1 Å². The third-order valence-electron chi connectivity index (χ3n) is 2.92. The lowest BCUT2D eigenvalue weighted by Gasteiger charge is -2.08. The van der Waals surface area contributed by atoms with Crippen molar-refractivity contribution in [1.29, 1.82) is 0 Å². The summed E-state index contributed by atoms with van der Waals surface area (Å²) in [5.74, 6) is 0.927. The number of aromatic nitrogens is 1. The molecule has 18 heavy (non-hydrogen) atoms. The SMILES string of the molecule is CCCOc1cccc2[nH]cc(C(=O)C(C)C)c12. The Hall–Kier alpha value is -1.77. The first-order valence-corrected chi connectivity index (χ1v) is 6.42. The number of ketones is 1. The Balaban J connectivity index is 2.51. The summed E-state index contributed by atoms with van der Waals surface area (Å²) in [5, 5.41) is 0.907. The molecule has 0 atom stereocenters. The molecule has 96 valence electrons. The number of fused-ring (bicyclic) bond motifs is 1. The van der Waals surface area contributed by atoms with Gasteiger partial charge in [0.25, 0.3) is 0 Å². The second kappa shape index (κ2) is 5.25. The summed E-state index contributed by atoms with van der Waals surface area (Å²) in [7, 11) is 0. The number of rotatable bonds is 5. The van der Waals surface area contributed by atoms with E-state index in [0.29, 0.717) is 6.61 Å². The average Bonchev–Trinajstić information content (AvgIpc) is 2.79. The molecule has 0 spiro atoms. The van der Waals surface area contributed by atoms with Crippen LogP contribution in [-0.2, 0) is 0 Å². The van der Waals surface area contributed by atoms with E-state index in [2.05, 4.69) is 11.9 Å². The molecule has 2 rings (SSSR count). The first-order valence-electron chi connectivity index (χ1n) is 6.42. The molecule has 3 heteroatoms. The highest BCUT2D eigenvalue weighted by atomic mass is 16.5. The molecule has 1 aromatic carbocycles. The molecule has 0 radical (unpaired) electrons. The van der Waals surface area contributed by atoms with Gasteiger partial charge in [0, 0.05) is 23.2 Å². The average molecular weight is 245 g/mol. The van der Waals surface area contributed by atoms with Gasteiger partial charge in [0.1, 0.15) is 5.75 Å². The minimum absolute atomic E-state index is 0.0109. The highest BCUT2D eigenvalue weighted by molar-refractivity contribution is 6.10. The Labute approximate surface area is 107 Å². The fourth-order valence-corrected chi connectivity index (χ4v) is 1.99. The van der Waals surface area contributed by atoms with Gasteiger partial charge >= 0.3 is 0 Å². The maximum atomic E-state index is 12.2. The van der Waals surface area contributed by atoms with Crippen LogP contribution in [0, 0.1) is 5.92 Å². The predicted molar refractivity (Wildman–Crippen MR) is 73.3 cm³/mol. The smallest absolute Gasteiger partial charge is 0.167 e. The van der Waals surface area contributed by atoms with Gasteiger partial charge < -0.3 is 9.72 Å². The number of aromatic amines is 1. The van der Waals surface area contributed by atoms with Crippen LogP contribution in [0.2, 0.25) is 0 Å². The van der Waals surface area contributed by atoms with Gasteiger partial charge in [0.2, 0.25) is 0 Å². The number of hydrogen-bond acceptors (Lipinski definition) is 2. The Bertz CT molecular complexity index is 555. The molecule has 1 N–H and O–H groups in total. The van der Waals surface area contributed by atoms with E-state index >= 15 is 0 Å². The molecule has 3 nitrogen and oxygen atoms in total. The minimum atomic E-state index is -0.0109. The summed E-state index contributed by atoms with van der Waals surface area (Å²) in [5.41, 5.74) is 1.68. The number of Topliss-reactive ketones (excluding diaryl/α,β-unsaturated/α-hetero) is 1. The minimum Gasteiger partial charge on any atom is -0.493 e. The standard InChI is InChI=1S/C15H19NO2/c1-4-8-18-13-7-5-6-12-14(13)11(9-16-12)15(17)10(2)3/h5-7,9-10,16H,4,8H2,1-3H3. The number of benzene rings is 1. The molecule has 0 fully saturated rings. The van der Waals surface area contributed by atoms with E-state index in [-0.39, 0.29) is 11.7 Å². The van der Waals surface area contributed by atoms with Crippen molar-refractivity contribution in [1.82, 2.24) is 4.98 Å². The van der Waals surface area contributed by atoms with Crippen molar-refractivity contribution in [3.05, 3.63) is 30.0 Å². The van der Waals surface area contributed by atoms with Gasteiger partial charge in [-0.2, -0.15) is 0 Å². The second-order valence-electron chi connectivity index (χ2n) is 4.75.